The van der Waals surface area contributed by atoms with Gasteiger partial charge in [0.25, 0.3) is 0 Å². The largest absolute Gasteiger partial charge is 0.356 e. The number of guanidine groups is 1. The number of allylic oxidation sites excluding steroid dienone is 1. The molecule has 0 spiro atoms. The summed E-state index contributed by atoms with van der Waals surface area (Å²) in [4.78, 5) is 32.7. The second-order valence-electron chi connectivity index (χ2n) is 9.45. The van der Waals surface area contributed by atoms with Crippen molar-refractivity contribution < 1.29 is 9.59 Å². The van der Waals surface area contributed by atoms with Gasteiger partial charge < -0.3 is 20.4 Å². The Morgan fingerprint density at radius 2 is 1.66 bits per heavy atom. The van der Waals surface area contributed by atoms with Crippen molar-refractivity contribution in [3.63, 3.8) is 0 Å². The average Bonchev–Trinajstić information content (AvgIpc) is 2.80. The van der Waals surface area contributed by atoms with E-state index in [1.54, 1.807) is 5.57 Å². The lowest BCUT2D eigenvalue weighted by Gasteiger charge is -2.35. The number of amides is 2. The number of rotatable bonds is 11. The van der Waals surface area contributed by atoms with Crippen LogP contribution in [0.2, 0.25) is 0 Å². The minimum absolute atomic E-state index is 0.218. The molecule has 0 bridgehead atoms. The van der Waals surface area contributed by atoms with E-state index >= 15 is 0 Å². The summed E-state index contributed by atoms with van der Waals surface area (Å²) in [6.07, 6.45) is 12.8. The summed E-state index contributed by atoms with van der Waals surface area (Å²) in [5.74, 6) is 1.69. The van der Waals surface area contributed by atoms with Crippen LogP contribution >= 0.6 is 0 Å². The quantitative estimate of drug-likeness (QED) is 0.220. The molecular weight excluding hydrogens is 402 g/mol. The fraction of sp³-hybridized carbons (Fsp3) is 0.800. The van der Waals surface area contributed by atoms with Gasteiger partial charge in [-0.05, 0) is 50.9 Å². The van der Waals surface area contributed by atoms with Crippen molar-refractivity contribution in [2.24, 2.45) is 10.9 Å². The average molecular weight is 448 g/mol. The number of carbonyl (C=O) groups is 2. The lowest BCUT2D eigenvalue weighted by molar-refractivity contribution is -0.140. The molecule has 2 N–H and O–H groups in total. The third-order valence-corrected chi connectivity index (χ3v) is 6.28. The molecule has 0 aromatic heterocycles. The molecule has 0 saturated carbocycles. The van der Waals surface area contributed by atoms with Gasteiger partial charge in [-0.2, -0.15) is 0 Å². The third kappa shape index (κ3) is 10.0. The van der Waals surface area contributed by atoms with Crippen LogP contribution < -0.4 is 10.6 Å². The van der Waals surface area contributed by atoms with Gasteiger partial charge in [-0.15, -0.1) is 0 Å². The predicted octanol–water partition coefficient (Wildman–Crippen LogP) is 3.32. The van der Waals surface area contributed by atoms with Gasteiger partial charge >= 0.3 is 0 Å². The second kappa shape index (κ2) is 14.9. The Kier molecular flexibility index (Phi) is 12.2. The summed E-state index contributed by atoms with van der Waals surface area (Å²) in [5.41, 5.74) is 1.58. The smallest absolute Gasteiger partial charge is 0.222 e. The van der Waals surface area contributed by atoms with Crippen LogP contribution in [0.1, 0.15) is 78.1 Å². The molecule has 1 saturated heterocycles. The summed E-state index contributed by atoms with van der Waals surface area (Å²) in [6, 6.07) is 0. The normalized spacial score (nSPS) is 17.4. The Balaban J connectivity index is 1.50. The molecule has 0 aromatic carbocycles. The van der Waals surface area contributed by atoms with Crippen LogP contribution in [0, 0.1) is 5.92 Å². The molecule has 0 radical (unpaired) electrons. The van der Waals surface area contributed by atoms with Gasteiger partial charge in [0.1, 0.15) is 0 Å². The molecule has 1 fully saturated rings. The Hall–Kier alpha value is -2.05. The van der Waals surface area contributed by atoms with E-state index in [1.807, 2.05) is 16.8 Å². The first-order chi connectivity index (χ1) is 15.5. The fourth-order valence-corrected chi connectivity index (χ4v) is 4.32. The lowest BCUT2D eigenvalue weighted by Crippen LogP contribution is -2.50. The highest BCUT2D eigenvalue weighted by molar-refractivity contribution is 5.79. The van der Waals surface area contributed by atoms with Crippen molar-refractivity contribution in [1.82, 2.24) is 20.4 Å². The van der Waals surface area contributed by atoms with Crippen molar-refractivity contribution in [2.45, 2.75) is 78.1 Å². The van der Waals surface area contributed by atoms with Crippen LogP contribution in [0.5, 0.6) is 0 Å². The number of piperazine rings is 1. The number of hydrogen-bond donors (Lipinski definition) is 2. The fourth-order valence-electron chi connectivity index (χ4n) is 4.32. The van der Waals surface area contributed by atoms with Gasteiger partial charge in [-0.1, -0.05) is 31.9 Å². The Labute approximate surface area is 195 Å². The SMILES string of the molecule is CN=C(NCCCCCC(=O)N1CCN(C(=O)CC(C)C)CC1)NCCC1=CCCCC1. The molecule has 1 aliphatic carbocycles. The van der Waals surface area contributed by atoms with E-state index in [1.165, 1.54) is 25.7 Å². The van der Waals surface area contributed by atoms with Crippen LogP contribution in [0.3, 0.4) is 0 Å². The minimum Gasteiger partial charge on any atom is -0.356 e. The highest BCUT2D eigenvalue weighted by Gasteiger charge is 2.23. The number of unbranched alkanes of at least 4 members (excludes halogenated alkanes) is 2. The van der Waals surface area contributed by atoms with E-state index in [0.29, 0.717) is 44.9 Å². The van der Waals surface area contributed by atoms with E-state index in [2.05, 4.69) is 35.5 Å². The molecule has 32 heavy (non-hydrogen) atoms. The van der Waals surface area contributed by atoms with Gasteiger partial charge in [0.05, 0.1) is 0 Å². The van der Waals surface area contributed by atoms with E-state index in [9.17, 15) is 9.59 Å². The zero-order valence-electron chi connectivity index (χ0n) is 20.6. The number of aliphatic imine (C=N–C) groups is 1. The molecular formula is C25H45N5O2. The summed E-state index contributed by atoms with van der Waals surface area (Å²) < 4.78 is 0. The standard InChI is InChI=1S/C25H45N5O2/c1-21(2)20-24(32)30-18-16-29(17-19-30)23(31)12-8-5-9-14-27-25(26-3)28-15-13-22-10-6-4-7-11-22/h10,21H,4-9,11-20H2,1-3H3,(H2,26,27,28). The molecule has 0 unspecified atom stereocenters. The van der Waals surface area contributed by atoms with Crippen LogP contribution in [-0.2, 0) is 9.59 Å². The predicted molar refractivity (Wildman–Crippen MR) is 132 cm³/mol. The highest BCUT2D eigenvalue weighted by Crippen LogP contribution is 2.19. The first kappa shape index (κ1) is 26.2. The summed E-state index contributed by atoms with van der Waals surface area (Å²) in [6.45, 7) is 8.61. The van der Waals surface area contributed by atoms with Crippen molar-refractivity contribution in [3.8, 4) is 0 Å². The van der Waals surface area contributed by atoms with Crippen molar-refractivity contribution in [2.75, 3.05) is 46.3 Å². The Bertz CT molecular complexity index is 636. The maximum atomic E-state index is 12.5. The van der Waals surface area contributed by atoms with Gasteiger partial charge in [0.2, 0.25) is 11.8 Å². The molecule has 0 aromatic rings. The van der Waals surface area contributed by atoms with Gasteiger partial charge in [-0.25, -0.2) is 0 Å². The van der Waals surface area contributed by atoms with E-state index in [-0.39, 0.29) is 11.8 Å². The van der Waals surface area contributed by atoms with Crippen molar-refractivity contribution in [3.05, 3.63) is 11.6 Å². The molecule has 2 aliphatic rings. The van der Waals surface area contributed by atoms with Gasteiger partial charge in [0.15, 0.2) is 5.96 Å². The monoisotopic (exact) mass is 447 g/mol. The van der Waals surface area contributed by atoms with E-state index in [4.69, 9.17) is 0 Å². The van der Waals surface area contributed by atoms with Crippen molar-refractivity contribution in [1.29, 1.82) is 0 Å². The Morgan fingerprint density at radius 1 is 0.969 bits per heavy atom. The van der Waals surface area contributed by atoms with Crippen LogP contribution in [0.15, 0.2) is 16.6 Å². The van der Waals surface area contributed by atoms with Gasteiger partial charge in [-0.3, -0.25) is 14.6 Å². The number of nitrogens with one attached hydrogen (secondary N) is 2. The first-order valence-electron chi connectivity index (χ1n) is 12.7. The molecule has 2 amide bonds. The van der Waals surface area contributed by atoms with Gasteiger partial charge in [0, 0.05) is 59.2 Å². The third-order valence-electron chi connectivity index (χ3n) is 6.28. The number of nitrogens with zero attached hydrogens (tertiary/aromatic N) is 3. The maximum absolute atomic E-state index is 12.5. The first-order valence-corrected chi connectivity index (χ1v) is 12.7. The molecule has 2 rings (SSSR count). The number of carbonyl (C=O) groups excluding carboxylic acids is 2. The van der Waals surface area contributed by atoms with E-state index in [0.717, 1.165) is 44.7 Å². The molecule has 0 atom stereocenters. The number of hydrogen-bond acceptors (Lipinski definition) is 3. The topological polar surface area (TPSA) is 77.0 Å². The minimum atomic E-state index is 0.218. The van der Waals surface area contributed by atoms with Crippen LogP contribution in [-0.4, -0.2) is 73.9 Å². The Morgan fingerprint density at radius 3 is 2.28 bits per heavy atom. The second-order valence-corrected chi connectivity index (χ2v) is 9.45. The lowest BCUT2D eigenvalue weighted by atomic mass is 9.97. The highest BCUT2D eigenvalue weighted by atomic mass is 16.2. The molecule has 7 nitrogen and oxygen atoms in total. The summed E-state index contributed by atoms with van der Waals surface area (Å²) in [7, 11) is 1.81. The van der Waals surface area contributed by atoms with Crippen molar-refractivity contribution >= 4 is 17.8 Å². The molecule has 7 heteroatoms. The molecule has 1 heterocycles. The zero-order valence-corrected chi connectivity index (χ0v) is 20.6. The maximum Gasteiger partial charge on any atom is 0.222 e. The molecule has 182 valence electrons. The summed E-state index contributed by atoms with van der Waals surface area (Å²) in [5, 5.41) is 6.77. The van der Waals surface area contributed by atoms with E-state index < -0.39 is 0 Å². The van der Waals surface area contributed by atoms with Crippen LogP contribution in [0.4, 0.5) is 0 Å². The zero-order chi connectivity index (χ0) is 23.2. The molecule has 1 aliphatic heterocycles. The van der Waals surface area contributed by atoms with Crippen LogP contribution in [0.25, 0.3) is 0 Å². The summed E-state index contributed by atoms with van der Waals surface area (Å²) >= 11 is 0.